The Hall–Kier alpha value is -2.74. The van der Waals surface area contributed by atoms with Crippen molar-refractivity contribution in [3.05, 3.63) is 52.0 Å². The van der Waals surface area contributed by atoms with Gasteiger partial charge < -0.3 is 14.9 Å². The first kappa shape index (κ1) is 18.1. The number of carbonyl (C=O) groups excluding carboxylic acids is 2. The van der Waals surface area contributed by atoms with Gasteiger partial charge in [0.1, 0.15) is 4.88 Å². The summed E-state index contributed by atoms with van der Waals surface area (Å²) in [4.78, 5) is 34.6. The van der Waals surface area contributed by atoms with Crippen LogP contribution in [-0.2, 0) is 20.8 Å². The first-order chi connectivity index (χ1) is 12.5. The molecule has 26 heavy (non-hydrogen) atoms. The quantitative estimate of drug-likeness (QED) is 0.784. The minimum atomic E-state index is -1.20. The van der Waals surface area contributed by atoms with E-state index in [-0.39, 0.29) is 18.9 Å². The zero-order chi connectivity index (χ0) is 18.6. The Kier molecular flexibility index (Phi) is 5.32. The molecule has 0 fully saturated rings. The normalized spacial score (nSPS) is 18.8. The summed E-state index contributed by atoms with van der Waals surface area (Å²) in [5, 5.41) is 7.62. The molecule has 0 bridgehead atoms. The molecule has 1 aliphatic rings. The van der Waals surface area contributed by atoms with Gasteiger partial charge in [-0.2, -0.15) is 0 Å². The molecule has 3 rings (SSSR count). The van der Waals surface area contributed by atoms with Crippen molar-refractivity contribution in [3.63, 3.8) is 0 Å². The van der Waals surface area contributed by atoms with E-state index in [0.29, 0.717) is 17.0 Å². The number of aromatic nitrogens is 1. The van der Waals surface area contributed by atoms with Gasteiger partial charge in [0.15, 0.2) is 0 Å². The van der Waals surface area contributed by atoms with Crippen LogP contribution >= 0.6 is 11.3 Å². The standard InChI is InChI=1S/C18H19N3O4S/c1-12-19-11-15(26-12)16(22)20-10-14-9-18(25-21-14,17(23)24-2)8-13-6-4-3-5-7-13/h3-7,11H,8-10H2,1-2H3,(H,20,22). The highest BCUT2D eigenvalue weighted by molar-refractivity contribution is 7.13. The topological polar surface area (TPSA) is 89.9 Å². The van der Waals surface area contributed by atoms with Crippen molar-refractivity contribution in [1.29, 1.82) is 0 Å². The molecule has 7 nitrogen and oxygen atoms in total. The average molecular weight is 373 g/mol. The molecular weight excluding hydrogens is 354 g/mol. The SMILES string of the molecule is COC(=O)C1(Cc2ccccc2)CC(CNC(=O)c2cnc(C)s2)=NO1. The third-order valence-corrected chi connectivity index (χ3v) is 4.94. The van der Waals surface area contributed by atoms with Crippen molar-refractivity contribution >= 4 is 28.9 Å². The largest absolute Gasteiger partial charge is 0.466 e. The monoisotopic (exact) mass is 373 g/mol. The lowest BCUT2D eigenvalue weighted by Gasteiger charge is -2.23. The summed E-state index contributed by atoms with van der Waals surface area (Å²) >= 11 is 1.32. The van der Waals surface area contributed by atoms with Crippen LogP contribution in [0.4, 0.5) is 0 Å². The summed E-state index contributed by atoms with van der Waals surface area (Å²) in [7, 11) is 1.32. The Morgan fingerprint density at radius 2 is 2.12 bits per heavy atom. The van der Waals surface area contributed by atoms with E-state index in [9.17, 15) is 9.59 Å². The fourth-order valence-corrected chi connectivity index (χ4v) is 3.46. The Bertz CT molecular complexity index is 834. The van der Waals surface area contributed by atoms with E-state index in [4.69, 9.17) is 9.57 Å². The van der Waals surface area contributed by atoms with Crippen LogP contribution in [0.3, 0.4) is 0 Å². The maximum absolute atomic E-state index is 12.3. The van der Waals surface area contributed by atoms with Gasteiger partial charge in [-0.15, -0.1) is 11.3 Å². The summed E-state index contributed by atoms with van der Waals surface area (Å²) in [6, 6.07) is 9.53. The molecule has 1 aromatic carbocycles. The third-order valence-electron chi connectivity index (χ3n) is 4.03. The minimum Gasteiger partial charge on any atom is -0.466 e. The van der Waals surface area contributed by atoms with Gasteiger partial charge in [0, 0.05) is 12.8 Å². The van der Waals surface area contributed by atoms with E-state index in [0.717, 1.165) is 10.6 Å². The van der Waals surface area contributed by atoms with Gasteiger partial charge in [0.2, 0.25) is 5.60 Å². The molecule has 1 N–H and O–H groups in total. The lowest BCUT2D eigenvalue weighted by molar-refractivity contribution is -0.166. The van der Waals surface area contributed by atoms with Crippen LogP contribution in [-0.4, -0.2) is 41.8 Å². The molecule has 0 radical (unpaired) electrons. The van der Waals surface area contributed by atoms with Crippen LogP contribution in [0.2, 0.25) is 0 Å². The maximum Gasteiger partial charge on any atom is 0.353 e. The lowest BCUT2D eigenvalue weighted by atomic mass is 9.89. The molecule has 1 amide bonds. The Morgan fingerprint density at radius 1 is 1.35 bits per heavy atom. The van der Waals surface area contributed by atoms with E-state index in [1.807, 2.05) is 37.3 Å². The Morgan fingerprint density at radius 3 is 2.77 bits per heavy atom. The fraction of sp³-hybridized carbons (Fsp3) is 0.333. The summed E-state index contributed by atoms with van der Waals surface area (Å²) in [5.74, 6) is -0.707. The van der Waals surface area contributed by atoms with Crippen molar-refractivity contribution in [2.45, 2.75) is 25.4 Å². The highest BCUT2D eigenvalue weighted by Gasteiger charge is 2.47. The Labute approximate surface area is 155 Å². The first-order valence-corrected chi connectivity index (χ1v) is 8.91. The van der Waals surface area contributed by atoms with Crippen molar-refractivity contribution in [2.75, 3.05) is 13.7 Å². The summed E-state index contributed by atoms with van der Waals surface area (Å²) in [5.41, 5.74) is 0.330. The summed E-state index contributed by atoms with van der Waals surface area (Å²) in [6.45, 7) is 2.04. The summed E-state index contributed by atoms with van der Waals surface area (Å²) < 4.78 is 4.92. The van der Waals surface area contributed by atoms with Gasteiger partial charge in [-0.3, -0.25) is 4.79 Å². The second kappa shape index (κ2) is 7.65. The highest BCUT2D eigenvalue weighted by Crippen LogP contribution is 2.29. The van der Waals surface area contributed by atoms with Crippen LogP contribution in [0.15, 0.2) is 41.7 Å². The second-order valence-corrected chi connectivity index (χ2v) is 7.23. The number of nitrogens with one attached hydrogen (secondary N) is 1. The molecule has 1 aromatic heterocycles. The fourth-order valence-electron chi connectivity index (χ4n) is 2.76. The molecule has 0 saturated carbocycles. The number of amides is 1. The van der Waals surface area contributed by atoms with E-state index in [2.05, 4.69) is 15.5 Å². The van der Waals surface area contributed by atoms with Crippen LogP contribution in [0.25, 0.3) is 0 Å². The van der Waals surface area contributed by atoms with E-state index in [1.165, 1.54) is 24.6 Å². The lowest BCUT2D eigenvalue weighted by Crippen LogP contribution is -2.43. The van der Waals surface area contributed by atoms with E-state index >= 15 is 0 Å². The molecule has 8 heteroatoms. The number of hydrogen-bond donors (Lipinski definition) is 1. The molecule has 1 aliphatic heterocycles. The number of rotatable bonds is 6. The molecule has 0 aliphatic carbocycles. The third kappa shape index (κ3) is 3.91. The number of benzene rings is 1. The van der Waals surface area contributed by atoms with E-state index < -0.39 is 11.6 Å². The molecule has 0 saturated heterocycles. The summed E-state index contributed by atoms with van der Waals surface area (Å²) in [6.07, 6.45) is 2.14. The van der Waals surface area contributed by atoms with Gasteiger partial charge in [-0.05, 0) is 12.5 Å². The number of thiazole rings is 1. The number of hydrogen-bond acceptors (Lipinski definition) is 7. The molecular formula is C18H19N3O4S. The zero-order valence-corrected chi connectivity index (χ0v) is 15.3. The number of nitrogens with zero attached hydrogens (tertiary/aromatic N) is 2. The predicted molar refractivity (Wildman–Crippen MR) is 97.2 cm³/mol. The van der Waals surface area contributed by atoms with Crippen molar-refractivity contribution < 1.29 is 19.2 Å². The number of carbonyl (C=O) groups is 2. The number of oxime groups is 1. The van der Waals surface area contributed by atoms with Crippen LogP contribution in [0.1, 0.15) is 26.7 Å². The molecule has 1 unspecified atom stereocenters. The van der Waals surface area contributed by atoms with Crippen LogP contribution < -0.4 is 5.32 Å². The van der Waals surface area contributed by atoms with Crippen molar-refractivity contribution in [3.8, 4) is 0 Å². The second-order valence-electron chi connectivity index (χ2n) is 6.00. The number of ether oxygens (including phenoxy) is 1. The minimum absolute atomic E-state index is 0.198. The van der Waals surface area contributed by atoms with E-state index in [1.54, 1.807) is 0 Å². The maximum atomic E-state index is 12.3. The first-order valence-electron chi connectivity index (χ1n) is 8.09. The van der Waals surface area contributed by atoms with Crippen LogP contribution in [0, 0.1) is 6.92 Å². The van der Waals surface area contributed by atoms with Gasteiger partial charge in [0.25, 0.3) is 5.91 Å². The smallest absolute Gasteiger partial charge is 0.353 e. The molecule has 0 spiro atoms. The van der Waals surface area contributed by atoms with Gasteiger partial charge >= 0.3 is 5.97 Å². The Balaban J connectivity index is 1.64. The van der Waals surface area contributed by atoms with Gasteiger partial charge in [-0.25, -0.2) is 9.78 Å². The van der Waals surface area contributed by atoms with Crippen molar-refractivity contribution in [2.24, 2.45) is 5.16 Å². The van der Waals surface area contributed by atoms with Gasteiger partial charge in [0.05, 0.1) is 30.6 Å². The molecule has 2 heterocycles. The number of aryl methyl sites for hydroxylation is 1. The number of methoxy groups -OCH3 is 1. The molecule has 136 valence electrons. The van der Waals surface area contributed by atoms with Gasteiger partial charge in [-0.1, -0.05) is 35.5 Å². The number of esters is 1. The molecule has 1 atom stereocenters. The predicted octanol–water partition coefficient (Wildman–Crippen LogP) is 2.11. The van der Waals surface area contributed by atoms with Crippen molar-refractivity contribution in [1.82, 2.24) is 10.3 Å². The average Bonchev–Trinajstić information content (AvgIpc) is 3.27. The zero-order valence-electron chi connectivity index (χ0n) is 14.5. The van der Waals surface area contributed by atoms with Crippen LogP contribution in [0.5, 0.6) is 0 Å². The molecule has 2 aromatic rings. The highest BCUT2D eigenvalue weighted by atomic mass is 32.1.